The summed E-state index contributed by atoms with van der Waals surface area (Å²) in [7, 11) is 1.52. The molecule has 19 heavy (non-hydrogen) atoms. The van der Waals surface area contributed by atoms with Crippen molar-refractivity contribution < 1.29 is 14.3 Å². The molecular weight excluding hydrogens is 264 g/mol. The van der Waals surface area contributed by atoms with E-state index in [0.717, 1.165) is 0 Å². The van der Waals surface area contributed by atoms with Gasteiger partial charge in [-0.25, -0.2) is 0 Å². The highest BCUT2D eigenvalue weighted by Crippen LogP contribution is 2.12. The lowest BCUT2D eigenvalue weighted by atomic mass is 10.2. The summed E-state index contributed by atoms with van der Waals surface area (Å²) in [6, 6.07) is 10.1. The van der Waals surface area contributed by atoms with Gasteiger partial charge in [-0.05, 0) is 29.6 Å². The van der Waals surface area contributed by atoms with Crippen molar-refractivity contribution in [3.05, 3.63) is 52.2 Å². The third-order valence-electron chi connectivity index (χ3n) is 2.37. The highest BCUT2D eigenvalue weighted by molar-refractivity contribution is 7.12. The number of nitrogens with one attached hydrogen (secondary N) is 2. The maximum atomic E-state index is 11.8. The van der Waals surface area contributed by atoms with E-state index >= 15 is 0 Å². The summed E-state index contributed by atoms with van der Waals surface area (Å²) in [4.78, 5) is 24.0. The summed E-state index contributed by atoms with van der Waals surface area (Å²) in [5.41, 5.74) is 5.11. The lowest BCUT2D eigenvalue weighted by molar-refractivity contribution is 0.0849. The fourth-order valence-electron chi connectivity index (χ4n) is 1.42. The van der Waals surface area contributed by atoms with Gasteiger partial charge in [-0.1, -0.05) is 12.1 Å². The van der Waals surface area contributed by atoms with Gasteiger partial charge in [0.1, 0.15) is 5.75 Å². The van der Waals surface area contributed by atoms with E-state index in [0.29, 0.717) is 16.2 Å². The molecule has 1 aromatic heterocycles. The van der Waals surface area contributed by atoms with E-state index in [1.165, 1.54) is 18.4 Å². The van der Waals surface area contributed by atoms with Crippen molar-refractivity contribution in [3.8, 4) is 5.75 Å². The predicted octanol–water partition coefficient (Wildman–Crippen LogP) is 1.83. The number of benzene rings is 1. The minimum atomic E-state index is -0.399. The van der Waals surface area contributed by atoms with E-state index in [2.05, 4.69) is 10.9 Å². The first-order valence-electron chi connectivity index (χ1n) is 5.49. The Morgan fingerprint density at radius 3 is 2.58 bits per heavy atom. The molecule has 1 aromatic carbocycles. The van der Waals surface area contributed by atoms with Crippen molar-refractivity contribution in [2.45, 2.75) is 0 Å². The molecule has 0 unspecified atom stereocenters. The molecule has 1 heterocycles. The minimum absolute atomic E-state index is 0.341. The number of ether oxygens (including phenoxy) is 1. The number of methoxy groups -OCH3 is 1. The maximum absolute atomic E-state index is 11.8. The second kappa shape index (κ2) is 6.01. The van der Waals surface area contributed by atoms with Crippen LogP contribution in [0.5, 0.6) is 5.75 Å². The smallest absolute Gasteiger partial charge is 0.279 e. The predicted molar refractivity (Wildman–Crippen MR) is 72.2 cm³/mol. The number of hydrazine groups is 1. The molecule has 0 aliphatic carbocycles. The molecule has 0 atom stereocenters. The molecule has 2 aromatic rings. The Hall–Kier alpha value is -2.34. The van der Waals surface area contributed by atoms with Crippen molar-refractivity contribution in [1.29, 1.82) is 0 Å². The lowest BCUT2D eigenvalue weighted by Gasteiger charge is -2.07. The van der Waals surface area contributed by atoms with Gasteiger partial charge in [-0.3, -0.25) is 20.4 Å². The molecule has 0 aliphatic rings. The lowest BCUT2D eigenvalue weighted by Crippen LogP contribution is -2.41. The number of carbonyl (C=O) groups excluding carboxylic acids is 2. The molecule has 98 valence electrons. The van der Waals surface area contributed by atoms with Gasteiger partial charge in [0.2, 0.25) is 0 Å². The normalized spacial score (nSPS) is 9.74. The topological polar surface area (TPSA) is 67.4 Å². The summed E-state index contributed by atoms with van der Waals surface area (Å²) in [5, 5.41) is 1.79. The van der Waals surface area contributed by atoms with E-state index in [4.69, 9.17) is 4.74 Å². The Morgan fingerprint density at radius 1 is 1.11 bits per heavy atom. The summed E-state index contributed by atoms with van der Waals surface area (Å²) in [5.74, 6) is -0.160. The van der Waals surface area contributed by atoms with E-state index in [-0.39, 0.29) is 5.91 Å². The number of hydrogen-bond acceptors (Lipinski definition) is 4. The molecule has 0 radical (unpaired) electrons. The van der Waals surface area contributed by atoms with Crippen LogP contribution in [0.3, 0.4) is 0 Å². The molecule has 2 rings (SSSR count). The van der Waals surface area contributed by atoms with Crippen molar-refractivity contribution in [1.82, 2.24) is 10.9 Å². The van der Waals surface area contributed by atoms with E-state index in [1.54, 1.807) is 41.8 Å². The van der Waals surface area contributed by atoms with Gasteiger partial charge in [-0.15, -0.1) is 11.3 Å². The quantitative estimate of drug-likeness (QED) is 0.840. The highest BCUT2D eigenvalue weighted by Gasteiger charge is 2.10. The van der Waals surface area contributed by atoms with Crippen LogP contribution in [0.2, 0.25) is 0 Å². The van der Waals surface area contributed by atoms with E-state index in [1.807, 2.05) is 0 Å². The molecule has 0 spiro atoms. The first-order chi connectivity index (χ1) is 9.20. The molecule has 0 bridgehead atoms. The molecule has 2 N–H and O–H groups in total. The van der Waals surface area contributed by atoms with Gasteiger partial charge in [-0.2, -0.15) is 0 Å². The van der Waals surface area contributed by atoms with Crippen LogP contribution in [0, 0.1) is 0 Å². The van der Waals surface area contributed by atoms with Crippen LogP contribution in [0.15, 0.2) is 41.8 Å². The number of rotatable bonds is 3. The third kappa shape index (κ3) is 3.32. The maximum Gasteiger partial charge on any atom is 0.279 e. The van der Waals surface area contributed by atoms with Gasteiger partial charge in [0.05, 0.1) is 12.0 Å². The Balaban J connectivity index is 1.96. The van der Waals surface area contributed by atoms with Crippen molar-refractivity contribution in [2.24, 2.45) is 0 Å². The van der Waals surface area contributed by atoms with E-state index < -0.39 is 5.91 Å². The second-order valence-corrected chi connectivity index (χ2v) is 4.57. The fraction of sp³-hybridized carbons (Fsp3) is 0.0769. The van der Waals surface area contributed by atoms with Gasteiger partial charge in [0.15, 0.2) is 0 Å². The van der Waals surface area contributed by atoms with Crippen LogP contribution in [-0.2, 0) is 0 Å². The van der Waals surface area contributed by atoms with Crippen LogP contribution in [-0.4, -0.2) is 18.9 Å². The first kappa shape index (κ1) is 13.1. The summed E-state index contributed by atoms with van der Waals surface area (Å²) in [6.07, 6.45) is 0. The zero-order valence-corrected chi connectivity index (χ0v) is 11.0. The Labute approximate surface area is 114 Å². The SMILES string of the molecule is COc1cccc(C(=O)NNC(=O)c2cccs2)c1. The first-order valence-corrected chi connectivity index (χ1v) is 6.37. The zero-order valence-electron chi connectivity index (χ0n) is 10.2. The van der Waals surface area contributed by atoms with Crippen LogP contribution in [0.4, 0.5) is 0 Å². The average Bonchev–Trinajstić information content (AvgIpc) is 2.98. The molecule has 0 saturated carbocycles. The molecular formula is C13H12N2O3S. The molecule has 2 amide bonds. The Bertz CT molecular complexity index is 581. The standard InChI is InChI=1S/C13H12N2O3S/c1-18-10-5-2-4-9(8-10)12(16)14-15-13(17)11-6-3-7-19-11/h2-8H,1H3,(H,14,16)(H,15,17). The van der Waals surface area contributed by atoms with Crippen molar-refractivity contribution in [2.75, 3.05) is 7.11 Å². The van der Waals surface area contributed by atoms with Gasteiger partial charge in [0, 0.05) is 5.56 Å². The third-order valence-corrected chi connectivity index (χ3v) is 3.24. The second-order valence-electron chi connectivity index (χ2n) is 3.62. The number of amides is 2. The zero-order chi connectivity index (χ0) is 13.7. The summed E-state index contributed by atoms with van der Waals surface area (Å²) < 4.78 is 5.02. The van der Waals surface area contributed by atoms with E-state index in [9.17, 15) is 9.59 Å². The largest absolute Gasteiger partial charge is 0.497 e. The van der Waals surface area contributed by atoms with Crippen LogP contribution in [0.1, 0.15) is 20.0 Å². The van der Waals surface area contributed by atoms with Crippen LogP contribution >= 0.6 is 11.3 Å². The summed E-state index contributed by atoms with van der Waals surface area (Å²) in [6.45, 7) is 0. The van der Waals surface area contributed by atoms with Crippen LogP contribution < -0.4 is 15.6 Å². The monoisotopic (exact) mass is 276 g/mol. The minimum Gasteiger partial charge on any atom is -0.497 e. The van der Waals surface area contributed by atoms with Gasteiger partial charge < -0.3 is 4.74 Å². The number of thiophene rings is 1. The van der Waals surface area contributed by atoms with Crippen molar-refractivity contribution >= 4 is 23.2 Å². The fourth-order valence-corrected chi connectivity index (χ4v) is 2.04. The highest BCUT2D eigenvalue weighted by atomic mass is 32.1. The van der Waals surface area contributed by atoms with Gasteiger partial charge in [0.25, 0.3) is 11.8 Å². The summed E-state index contributed by atoms with van der Waals surface area (Å²) >= 11 is 1.30. The number of hydrogen-bond donors (Lipinski definition) is 2. The average molecular weight is 276 g/mol. The van der Waals surface area contributed by atoms with Crippen LogP contribution in [0.25, 0.3) is 0 Å². The molecule has 5 nitrogen and oxygen atoms in total. The Morgan fingerprint density at radius 2 is 1.89 bits per heavy atom. The molecule has 6 heteroatoms. The molecule has 0 fully saturated rings. The van der Waals surface area contributed by atoms with Gasteiger partial charge >= 0.3 is 0 Å². The molecule has 0 aliphatic heterocycles. The number of carbonyl (C=O) groups is 2. The Kier molecular flexibility index (Phi) is 4.15. The van der Waals surface area contributed by atoms with Crippen molar-refractivity contribution in [3.63, 3.8) is 0 Å². The molecule has 0 saturated heterocycles.